The van der Waals surface area contributed by atoms with Crippen LogP contribution in [0.5, 0.6) is 11.5 Å². The molecule has 3 unspecified atom stereocenters. The number of urea groups is 1. The van der Waals surface area contributed by atoms with Gasteiger partial charge in [-0.15, -0.1) is 0 Å². The minimum atomic E-state index is -0.149. The molecule has 0 saturated carbocycles. The number of hydrogen-bond acceptors (Lipinski definition) is 4. The van der Waals surface area contributed by atoms with Gasteiger partial charge in [0.15, 0.2) is 17.6 Å². The molecule has 0 radical (unpaired) electrons. The van der Waals surface area contributed by atoms with Gasteiger partial charge in [-0.05, 0) is 51.3 Å². The van der Waals surface area contributed by atoms with Crippen molar-refractivity contribution in [1.29, 1.82) is 0 Å². The molecule has 1 N–H and O–H groups in total. The lowest BCUT2D eigenvalue weighted by Gasteiger charge is -2.34. The summed E-state index contributed by atoms with van der Waals surface area (Å²) in [6.45, 7) is 11.2. The normalized spacial score (nSPS) is 23.5. The highest BCUT2D eigenvalue weighted by atomic mass is 16.6. The Labute approximate surface area is 162 Å². The number of ether oxygens (including phenoxy) is 2. The van der Waals surface area contributed by atoms with Crippen LogP contribution in [0.4, 0.5) is 4.79 Å². The highest BCUT2D eigenvalue weighted by Crippen LogP contribution is 2.31. The van der Waals surface area contributed by atoms with Crippen molar-refractivity contribution in [3.63, 3.8) is 0 Å². The van der Waals surface area contributed by atoms with Crippen molar-refractivity contribution in [2.45, 2.75) is 45.8 Å². The molecule has 0 aliphatic carbocycles. The molecule has 150 valence electrons. The molecule has 2 heterocycles. The highest BCUT2D eigenvalue weighted by molar-refractivity contribution is 5.74. The number of rotatable bonds is 6. The summed E-state index contributed by atoms with van der Waals surface area (Å²) in [6, 6.07) is 7.76. The van der Waals surface area contributed by atoms with E-state index < -0.39 is 0 Å². The van der Waals surface area contributed by atoms with E-state index in [2.05, 4.69) is 24.1 Å². The minimum Gasteiger partial charge on any atom is -0.486 e. The first-order chi connectivity index (χ1) is 13.0. The summed E-state index contributed by atoms with van der Waals surface area (Å²) in [4.78, 5) is 17.0. The molecule has 27 heavy (non-hydrogen) atoms. The number of nitrogens with zero attached hydrogens (tertiary/aromatic N) is 2. The number of hydrogen-bond donors (Lipinski definition) is 1. The van der Waals surface area contributed by atoms with Gasteiger partial charge in [-0.25, -0.2) is 4.79 Å². The lowest BCUT2D eigenvalue weighted by Crippen LogP contribution is -2.52. The van der Waals surface area contributed by atoms with Crippen molar-refractivity contribution >= 4 is 6.03 Å². The smallest absolute Gasteiger partial charge is 0.317 e. The first kappa shape index (κ1) is 19.8. The first-order valence-electron chi connectivity index (χ1n) is 10.2. The Kier molecular flexibility index (Phi) is 6.83. The van der Waals surface area contributed by atoms with Crippen molar-refractivity contribution in [2.24, 2.45) is 5.92 Å². The van der Waals surface area contributed by atoms with Crippen LogP contribution in [0.3, 0.4) is 0 Å². The summed E-state index contributed by atoms with van der Waals surface area (Å²) in [7, 11) is 0. The summed E-state index contributed by atoms with van der Waals surface area (Å²) < 4.78 is 11.8. The Morgan fingerprint density at radius 1 is 1.37 bits per heavy atom. The fourth-order valence-electron chi connectivity index (χ4n) is 3.94. The van der Waals surface area contributed by atoms with Crippen molar-refractivity contribution in [1.82, 2.24) is 15.1 Å². The second-order valence-electron chi connectivity index (χ2n) is 7.89. The van der Waals surface area contributed by atoms with Crippen LogP contribution in [0.1, 0.15) is 33.6 Å². The van der Waals surface area contributed by atoms with Crippen LogP contribution in [-0.2, 0) is 0 Å². The van der Waals surface area contributed by atoms with Crippen molar-refractivity contribution in [3.8, 4) is 11.5 Å². The van der Waals surface area contributed by atoms with Gasteiger partial charge in [-0.3, -0.25) is 0 Å². The minimum absolute atomic E-state index is 0.0301. The molecule has 2 aliphatic heterocycles. The maximum Gasteiger partial charge on any atom is 0.317 e. The molecule has 1 fully saturated rings. The Bertz CT molecular complexity index is 624. The molecule has 1 saturated heterocycles. The van der Waals surface area contributed by atoms with Gasteiger partial charge in [0, 0.05) is 25.7 Å². The molecule has 1 aromatic carbocycles. The fraction of sp³-hybridized carbons (Fsp3) is 0.667. The zero-order chi connectivity index (χ0) is 19.2. The third kappa shape index (κ3) is 5.51. The monoisotopic (exact) mass is 375 g/mol. The first-order valence-corrected chi connectivity index (χ1v) is 10.2. The number of nitrogens with one attached hydrogen (secondary N) is 1. The maximum atomic E-state index is 12.7. The summed E-state index contributed by atoms with van der Waals surface area (Å²) >= 11 is 0. The van der Waals surface area contributed by atoms with Gasteiger partial charge >= 0.3 is 6.03 Å². The second-order valence-corrected chi connectivity index (χ2v) is 7.89. The molecule has 0 aromatic heterocycles. The Hall–Kier alpha value is -1.95. The van der Waals surface area contributed by atoms with Crippen molar-refractivity contribution < 1.29 is 14.3 Å². The summed E-state index contributed by atoms with van der Waals surface area (Å²) in [5.74, 6) is 2.27. The van der Waals surface area contributed by atoms with Crippen LogP contribution in [0.15, 0.2) is 24.3 Å². The van der Waals surface area contributed by atoms with Gasteiger partial charge in [0.1, 0.15) is 6.61 Å². The molecule has 2 aliphatic rings. The molecule has 6 nitrogen and oxygen atoms in total. The van der Waals surface area contributed by atoms with E-state index in [1.54, 1.807) is 4.90 Å². The topological polar surface area (TPSA) is 54.0 Å². The van der Waals surface area contributed by atoms with E-state index in [-0.39, 0.29) is 18.2 Å². The summed E-state index contributed by atoms with van der Waals surface area (Å²) in [6.07, 6.45) is 2.42. The van der Waals surface area contributed by atoms with E-state index in [4.69, 9.17) is 9.47 Å². The molecule has 0 bridgehead atoms. The largest absolute Gasteiger partial charge is 0.486 e. The van der Waals surface area contributed by atoms with Crippen LogP contribution >= 0.6 is 0 Å². The third-order valence-corrected chi connectivity index (χ3v) is 5.30. The number of benzene rings is 1. The second kappa shape index (κ2) is 9.31. The molecule has 1 aromatic rings. The quantitative estimate of drug-likeness (QED) is 0.831. The van der Waals surface area contributed by atoms with E-state index in [9.17, 15) is 4.79 Å². The van der Waals surface area contributed by atoms with E-state index in [0.29, 0.717) is 19.7 Å². The van der Waals surface area contributed by atoms with Crippen LogP contribution in [-0.4, -0.2) is 67.3 Å². The molecule has 3 atom stereocenters. The van der Waals surface area contributed by atoms with E-state index in [1.807, 2.05) is 31.2 Å². The summed E-state index contributed by atoms with van der Waals surface area (Å²) in [5.41, 5.74) is 0. The zero-order valence-corrected chi connectivity index (χ0v) is 16.8. The fourth-order valence-corrected chi connectivity index (χ4v) is 3.94. The van der Waals surface area contributed by atoms with Gasteiger partial charge in [0.25, 0.3) is 0 Å². The number of carbonyl (C=O) groups is 1. The SMILES string of the molecule is CCN(CC1COc2ccccc2O1)C(=O)NC(C)CN1CCCC(C)C1. The lowest BCUT2D eigenvalue weighted by molar-refractivity contribution is 0.0668. The van der Waals surface area contributed by atoms with Crippen LogP contribution in [0.2, 0.25) is 0 Å². The van der Waals surface area contributed by atoms with E-state index in [0.717, 1.165) is 37.1 Å². The van der Waals surface area contributed by atoms with Gasteiger partial charge in [-0.2, -0.15) is 0 Å². The van der Waals surface area contributed by atoms with Crippen LogP contribution < -0.4 is 14.8 Å². The molecule has 2 amide bonds. The zero-order valence-electron chi connectivity index (χ0n) is 16.8. The number of piperidine rings is 1. The molecule has 0 spiro atoms. The number of fused-ring (bicyclic) bond motifs is 1. The van der Waals surface area contributed by atoms with Gasteiger partial charge in [0.2, 0.25) is 0 Å². The predicted octanol–water partition coefficient (Wildman–Crippen LogP) is 2.98. The Morgan fingerprint density at radius 3 is 2.89 bits per heavy atom. The van der Waals surface area contributed by atoms with Crippen LogP contribution in [0, 0.1) is 5.92 Å². The molecular weight excluding hydrogens is 342 g/mol. The summed E-state index contributed by atoms with van der Waals surface area (Å²) in [5, 5.41) is 3.15. The average molecular weight is 376 g/mol. The number of likely N-dealkylation sites (N-methyl/N-ethyl adjacent to an activating group) is 1. The predicted molar refractivity (Wildman–Crippen MR) is 106 cm³/mol. The molecular formula is C21H33N3O3. The van der Waals surface area contributed by atoms with Gasteiger partial charge in [0.05, 0.1) is 6.54 Å². The Morgan fingerprint density at radius 2 is 2.15 bits per heavy atom. The van der Waals surface area contributed by atoms with Crippen LogP contribution in [0.25, 0.3) is 0 Å². The van der Waals surface area contributed by atoms with E-state index >= 15 is 0 Å². The van der Waals surface area contributed by atoms with Crippen molar-refractivity contribution in [3.05, 3.63) is 24.3 Å². The highest BCUT2D eigenvalue weighted by Gasteiger charge is 2.26. The number of para-hydroxylation sites is 2. The Balaban J connectivity index is 1.47. The lowest BCUT2D eigenvalue weighted by atomic mass is 10.00. The van der Waals surface area contributed by atoms with Crippen molar-refractivity contribution in [2.75, 3.05) is 39.3 Å². The van der Waals surface area contributed by atoms with Gasteiger partial charge < -0.3 is 24.6 Å². The molecule has 6 heteroatoms. The average Bonchev–Trinajstić information content (AvgIpc) is 2.65. The van der Waals surface area contributed by atoms with Gasteiger partial charge in [-0.1, -0.05) is 19.1 Å². The number of amides is 2. The number of carbonyl (C=O) groups excluding carboxylic acids is 1. The van der Waals surface area contributed by atoms with E-state index in [1.165, 1.54) is 12.8 Å². The molecule has 3 rings (SSSR count). The maximum absolute atomic E-state index is 12.7. The standard InChI is InChI=1S/C21H33N3O3/c1-4-24(14-18-15-26-19-9-5-6-10-20(19)27-18)21(25)22-17(3)13-23-11-7-8-16(2)12-23/h5-6,9-10,16-18H,4,7-8,11-15H2,1-3H3,(H,22,25). The third-order valence-electron chi connectivity index (χ3n) is 5.30. The number of likely N-dealkylation sites (tertiary alicyclic amines) is 1.